The van der Waals surface area contributed by atoms with E-state index in [1.807, 2.05) is 31.2 Å². The molecule has 0 spiro atoms. The van der Waals surface area contributed by atoms with Crippen molar-refractivity contribution in [3.63, 3.8) is 0 Å². The van der Waals surface area contributed by atoms with Crippen molar-refractivity contribution in [3.05, 3.63) is 59.7 Å². The molecule has 0 aromatic heterocycles. The number of carbonyl (C=O) groups excluding carboxylic acids is 2. The van der Waals surface area contributed by atoms with Crippen molar-refractivity contribution in [2.24, 2.45) is 17.8 Å². The second-order valence-electron chi connectivity index (χ2n) is 9.82. The molecule has 0 bridgehead atoms. The number of carbonyl (C=O) groups is 3. The predicted octanol–water partition coefficient (Wildman–Crippen LogP) is 3.87. The standard InChI is InChI=1S/C27H30N2O5/c1-16-10-11-29(24(12-16)26(31)32)25(30)22-13-17(22)14-28-27(33)34-15-23-20-8-4-2-6-18(20)19-7-3-5-9-21(19)23/h2-9,16-17,22-24H,10-15H2,1H3,(H,28,33)(H,31,32)/t16?,17-,22-,24?/m1/s1. The van der Waals surface area contributed by atoms with Crippen molar-refractivity contribution in [1.82, 2.24) is 10.2 Å². The molecule has 7 nitrogen and oxygen atoms in total. The van der Waals surface area contributed by atoms with E-state index in [9.17, 15) is 19.5 Å². The van der Waals surface area contributed by atoms with Gasteiger partial charge in [-0.3, -0.25) is 4.79 Å². The van der Waals surface area contributed by atoms with Crippen LogP contribution in [0, 0.1) is 17.8 Å². The van der Waals surface area contributed by atoms with Crippen LogP contribution in [0.3, 0.4) is 0 Å². The third kappa shape index (κ3) is 4.27. The molecule has 2 N–H and O–H groups in total. The maximum absolute atomic E-state index is 12.9. The van der Waals surface area contributed by atoms with E-state index in [0.29, 0.717) is 31.8 Å². The summed E-state index contributed by atoms with van der Waals surface area (Å²) in [6.45, 7) is 3.12. The maximum atomic E-state index is 12.9. The molecule has 178 valence electrons. The summed E-state index contributed by atoms with van der Waals surface area (Å²) >= 11 is 0. The summed E-state index contributed by atoms with van der Waals surface area (Å²) in [7, 11) is 0. The van der Waals surface area contributed by atoms with Gasteiger partial charge < -0.3 is 20.1 Å². The Bertz CT molecular complexity index is 1070. The number of alkyl carbamates (subject to hydrolysis) is 1. The first-order valence-corrected chi connectivity index (χ1v) is 12.1. The summed E-state index contributed by atoms with van der Waals surface area (Å²) in [6.07, 6.45) is 1.50. The van der Waals surface area contributed by atoms with Gasteiger partial charge in [-0.15, -0.1) is 0 Å². The van der Waals surface area contributed by atoms with E-state index in [1.54, 1.807) is 0 Å². The number of hydrogen-bond acceptors (Lipinski definition) is 4. The van der Waals surface area contributed by atoms with Crippen molar-refractivity contribution in [1.29, 1.82) is 0 Å². The fraction of sp³-hybridized carbons (Fsp3) is 0.444. The van der Waals surface area contributed by atoms with Crippen molar-refractivity contribution in [2.45, 2.75) is 38.1 Å². The molecule has 1 aliphatic heterocycles. The number of carboxylic acid groups (broad SMARTS) is 1. The van der Waals surface area contributed by atoms with Crippen LogP contribution in [0.15, 0.2) is 48.5 Å². The number of nitrogens with zero attached hydrogens (tertiary/aromatic N) is 1. The lowest BCUT2D eigenvalue weighted by atomic mass is 9.92. The second-order valence-corrected chi connectivity index (χ2v) is 9.82. The van der Waals surface area contributed by atoms with Gasteiger partial charge >= 0.3 is 12.1 Å². The van der Waals surface area contributed by atoms with Gasteiger partial charge in [0.2, 0.25) is 5.91 Å². The molecule has 2 aromatic carbocycles. The number of nitrogens with one attached hydrogen (secondary N) is 1. The average molecular weight is 463 g/mol. The number of likely N-dealkylation sites (tertiary alicyclic amines) is 1. The number of fused-ring (bicyclic) bond motifs is 3. The molecule has 34 heavy (non-hydrogen) atoms. The maximum Gasteiger partial charge on any atom is 0.407 e. The minimum atomic E-state index is -0.936. The van der Waals surface area contributed by atoms with Gasteiger partial charge in [-0.25, -0.2) is 9.59 Å². The van der Waals surface area contributed by atoms with Gasteiger partial charge in [-0.05, 0) is 53.4 Å². The molecule has 3 aliphatic rings. The van der Waals surface area contributed by atoms with E-state index in [4.69, 9.17) is 4.74 Å². The van der Waals surface area contributed by atoms with Crippen molar-refractivity contribution in [3.8, 4) is 11.1 Å². The van der Waals surface area contributed by atoms with E-state index in [1.165, 1.54) is 16.0 Å². The van der Waals surface area contributed by atoms with Gasteiger partial charge in [0.25, 0.3) is 0 Å². The van der Waals surface area contributed by atoms with Gasteiger partial charge in [0.1, 0.15) is 12.6 Å². The van der Waals surface area contributed by atoms with E-state index >= 15 is 0 Å². The molecular formula is C27H30N2O5. The molecular weight excluding hydrogens is 432 g/mol. The summed E-state index contributed by atoms with van der Waals surface area (Å²) in [5.74, 6) is -0.920. The Morgan fingerprint density at radius 2 is 1.68 bits per heavy atom. The number of amides is 2. The third-order valence-corrected chi connectivity index (χ3v) is 7.52. The molecule has 2 amide bonds. The molecule has 0 radical (unpaired) electrons. The highest BCUT2D eigenvalue weighted by Gasteiger charge is 2.48. The molecule has 2 fully saturated rings. The molecule has 5 rings (SSSR count). The zero-order chi connectivity index (χ0) is 23.8. The molecule has 1 saturated heterocycles. The van der Waals surface area contributed by atoms with E-state index in [0.717, 1.165) is 17.5 Å². The van der Waals surface area contributed by atoms with E-state index < -0.39 is 18.1 Å². The topological polar surface area (TPSA) is 95.9 Å². The lowest BCUT2D eigenvalue weighted by Gasteiger charge is -2.36. The van der Waals surface area contributed by atoms with Gasteiger partial charge in [0.15, 0.2) is 0 Å². The SMILES string of the molecule is CC1CCN(C(=O)[C@@H]2C[C@@H]2CNC(=O)OCC2c3ccccc3-c3ccccc32)C(C(=O)O)C1. The average Bonchev–Trinajstić information content (AvgIpc) is 3.56. The Kier molecular flexibility index (Phi) is 6.02. The predicted molar refractivity (Wildman–Crippen MR) is 126 cm³/mol. The van der Waals surface area contributed by atoms with Crippen molar-refractivity contribution < 1.29 is 24.2 Å². The Balaban J connectivity index is 1.12. The molecule has 2 unspecified atom stereocenters. The second kappa shape index (κ2) is 9.12. The van der Waals surface area contributed by atoms with Crippen LogP contribution < -0.4 is 5.32 Å². The highest BCUT2D eigenvalue weighted by Crippen LogP contribution is 2.44. The minimum absolute atomic E-state index is 0.00264. The third-order valence-electron chi connectivity index (χ3n) is 7.52. The summed E-state index contributed by atoms with van der Waals surface area (Å²) in [5.41, 5.74) is 4.68. The van der Waals surface area contributed by atoms with Crippen LogP contribution >= 0.6 is 0 Å². The Morgan fingerprint density at radius 3 is 2.32 bits per heavy atom. The fourth-order valence-electron chi connectivity index (χ4n) is 5.49. The van der Waals surface area contributed by atoms with Crippen LogP contribution in [-0.2, 0) is 14.3 Å². The van der Waals surface area contributed by atoms with Crippen LogP contribution in [0.25, 0.3) is 11.1 Å². The molecule has 2 aromatic rings. The smallest absolute Gasteiger partial charge is 0.407 e. The Hall–Kier alpha value is -3.35. The highest BCUT2D eigenvalue weighted by molar-refractivity contribution is 5.87. The normalized spacial score (nSPS) is 25.3. The summed E-state index contributed by atoms with van der Waals surface area (Å²) in [4.78, 5) is 38.4. The van der Waals surface area contributed by atoms with Gasteiger partial charge in [0.05, 0.1) is 0 Å². The van der Waals surface area contributed by atoms with Crippen molar-refractivity contribution in [2.75, 3.05) is 19.7 Å². The van der Waals surface area contributed by atoms with Crippen molar-refractivity contribution >= 4 is 18.0 Å². The zero-order valence-corrected chi connectivity index (χ0v) is 19.3. The first kappa shape index (κ1) is 22.4. The minimum Gasteiger partial charge on any atom is -0.480 e. The lowest BCUT2D eigenvalue weighted by molar-refractivity contribution is -0.153. The Labute approximate surface area is 199 Å². The van der Waals surface area contributed by atoms with Crippen LogP contribution in [-0.4, -0.2) is 53.7 Å². The number of hydrogen-bond donors (Lipinski definition) is 2. The summed E-state index contributed by atoms with van der Waals surface area (Å²) in [5, 5.41) is 12.3. The zero-order valence-electron chi connectivity index (χ0n) is 19.3. The number of piperidine rings is 1. The molecule has 2 aliphatic carbocycles. The van der Waals surface area contributed by atoms with Gasteiger partial charge in [-0.1, -0.05) is 55.5 Å². The first-order chi connectivity index (χ1) is 16.4. The number of aliphatic carboxylic acids is 1. The molecule has 4 atom stereocenters. The number of rotatable bonds is 6. The van der Waals surface area contributed by atoms with Crippen LogP contribution in [0.2, 0.25) is 0 Å². The largest absolute Gasteiger partial charge is 0.480 e. The van der Waals surface area contributed by atoms with Gasteiger partial charge in [-0.2, -0.15) is 0 Å². The summed E-state index contributed by atoms with van der Waals surface area (Å²) in [6, 6.07) is 15.6. The van der Waals surface area contributed by atoms with Gasteiger partial charge in [0, 0.05) is 24.9 Å². The lowest BCUT2D eigenvalue weighted by Crippen LogP contribution is -2.50. The van der Waals surface area contributed by atoms with E-state index in [-0.39, 0.29) is 30.3 Å². The van der Waals surface area contributed by atoms with E-state index in [2.05, 4.69) is 29.6 Å². The Morgan fingerprint density at radius 1 is 1.03 bits per heavy atom. The molecule has 7 heteroatoms. The first-order valence-electron chi connectivity index (χ1n) is 12.1. The van der Waals surface area contributed by atoms with Crippen LogP contribution in [0.5, 0.6) is 0 Å². The number of benzene rings is 2. The molecule has 1 heterocycles. The molecule has 1 saturated carbocycles. The van der Waals surface area contributed by atoms with Crippen LogP contribution in [0.1, 0.15) is 43.2 Å². The van der Waals surface area contributed by atoms with Crippen LogP contribution in [0.4, 0.5) is 4.79 Å². The number of carboxylic acids is 1. The highest BCUT2D eigenvalue weighted by atomic mass is 16.5. The number of ether oxygens (including phenoxy) is 1. The summed E-state index contributed by atoms with van der Waals surface area (Å²) < 4.78 is 5.57. The monoisotopic (exact) mass is 462 g/mol. The fourth-order valence-corrected chi connectivity index (χ4v) is 5.49. The quantitative estimate of drug-likeness (QED) is 0.679.